The second-order valence-electron chi connectivity index (χ2n) is 7.40. The number of fused-ring (bicyclic) bond motifs is 1. The molecule has 0 bridgehead atoms. The molecular formula is C18H23F6N7O5. The number of hydrogen-bond acceptors (Lipinski definition) is 7. The van der Waals surface area contributed by atoms with Gasteiger partial charge in [-0.1, -0.05) is 0 Å². The Morgan fingerprint density at radius 1 is 1.00 bits per heavy atom. The van der Waals surface area contributed by atoms with Gasteiger partial charge in [-0.2, -0.15) is 31.4 Å². The first-order valence-electron chi connectivity index (χ1n) is 9.93. The second kappa shape index (κ2) is 12.8. The van der Waals surface area contributed by atoms with Crippen molar-refractivity contribution in [1.82, 2.24) is 34.3 Å². The van der Waals surface area contributed by atoms with Crippen LogP contribution in [-0.2, 0) is 34.0 Å². The highest BCUT2D eigenvalue weighted by Gasteiger charge is 2.38. The molecule has 0 atom stereocenters. The lowest BCUT2D eigenvalue weighted by atomic mass is 10.3. The molecular weight excluding hydrogens is 508 g/mol. The first kappa shape index (κ1) is 30.3. The smallest absolute Gasteiger partial charge is 0.475 e. The van der Waals surface area contributed by atoms with Crippen LogP contribution in [0.15, 0.2) is 18.5 Å². The largest absolute Gasteiger partial charge is 0.490 e. The van der Waals surface area contributed by atoms with E-state index in [1.54, 1.807) is 6.20 Å². The van der Waals surface area contributed by atoms with Gasteiger partial charge in [-0.3, -0.25) is 9.48 Å². The zero-order chi connectivity index (χ0) is 27.7. The monoisotopic (exact) mass is 531 g/mol. The van der Waals surface area contributed by atoms with Gasteiger partial charge in [0.2, 0.25) is 5.91 Å². The number of aliphatic carboxylic acids is 2. The number of carboxylic acid groups (broad SMARTS) is 2. The quantitative estimate of drug-likeness (QED) is 0.554. The molecule has 0 saturated carbocycles. The third-order valence-electron chi connectivity index (χ3n) is 4.20. The predicted octanol–water partition coefficient (Wildman–Crippen LogP) is 1.08. The minimum atomic E-state index is -5.08. The molecule has 0 fully saturated rings. The first-order valence-corrected chi connectivity index (χ1v) is 9.93. The number of rotatable bonds is 4. The number of carbonyl (C=O) groups excluding carboxylic acids is 1. The fourth-order valence-corrected chi connectivity index (χ4v) is 2.66. The van der Waals surface area contributed by atoms with E-state index in [-0.39, 0.29) is 5.91 Å². The van der Waals surface area contributed by atoms with E-state index in [0.717, 1.165) is 31.2 Å². The van der Waals surface area contributed by atoms with Crippen molar-refractivity contribution >= 4 is 17.8 Å². The molecule has 3 rings (SSSR count). The van der Waals surface area contributed by atoms with E-state index in [1.165, 1.54) is 0 Å². The third-order valence-corrected chi connectivity index (χ3v) is 4.20. The van der Waals surface area contributed by atoms with E-state index in [2.05, 4.69) is 19.9 Å². The van der Waals surface area contributed by atoms with Gasteiger partial charge in [-0.15, -0.1) is 10.2 Å². The molecule has 0 unspecified atom stereocenters. The molecule has 2 aromatic heterocycles. The second-order valence-corrected chi connectivity index (χ2v) is 7.40. The molecule has 1 aliphatic rings. The maximum absolute atomic E-state index is 12.2. The average molecular weight is 531 g/mol. The topological polar surface area (TPSA) is 147 Å². The Morgan fingerprint density at radius 2 is 1.56 bits per heavy atom. The third kappa shape index (κ3) is 10.3. The molecule has 0 aliphatic carbocycles. The molecule has 18 heteroatoms. The van der Waals surface area contributed by atoms with Crippen LogP contribution in [0.3, 0.4) is 0 Å². The Kier molecular flexibility index (Phi) is 10.8. The lowest BCUT2D eigenvalue weighted by Crippen LogP contribution is -2.37. The highest BCUT2D eigenvalue weighted by atomic mass is 19.4. The molecule has 202 valence electrons. The standard InChI is InChI=1S/C14H21N7O.2C2HF3O2/c1-18(2)11-14(22)19-6-4-8-21-12(9-19)16-17-13(21)10-20-7-3-5-15-20;2*3-2(4,5)1(6)7/h3,5,7H,4,6,8-11H2,1-2H3;2*(H,6,7). The number of nitrogens with zero attached hydrogens (tertiary/aromatic N) is 7. The fraction of sp³-hybridized carbons (Fsp3) is 0.556. The predicted molar refractivity (Wildman–Crippen MR) is 107 cm³/mol. The lowest BCUT2D eigenvalue weighted by Gasteiger charge is -2.21. The van der Waals surface area contributed by atoms with Crippen molar-refractivity contribution in [2.45, 2.75) is 38.4 Å². The summed E-state index contributed by atoms with van der Waals surface area (Å²) in [7, 11) is 3.81. The molecule has 1 aliphatic heterocycles. The van der Waals surface area contributed by atoms with E-state index < -0.39 is 24.3 Å². The summed E-state index contributed by atoms with van der Waals surface area (Å²) in [4.78, 5) is 33.8. The number of aromatic nitrogens is 5. The van der Waals surface area contributed by atoms with Crippen molar-refractivity contribution in [3.8, 4) is 0 Å². The zero-order valence-electron chi connectivity index (χ0n) is 19.0. The molecule has 1 amide bonds. The van der Waals surface area contributed by atoms with E-state index in [4.69, 9.17) is 19.8 Å². The summed E-state index contributed by atoms with van der Waals surface area (Å²) in [6, 6.07) is 1.89. The van der Waals surface area contributed by atoms with E-state index in [9.17, 15) is 31.1 Å². The lowest BCUT2D eigenvalue weighted by molar-refractivity contribution is -0.193. The van der Waals surface area contributed by atoms with Crippen molar-refractivity contribution < 1.29 is 50.9 Å². The zero-order valence-corrected chi connectivity index (χ0v) is 19.0. The van der Waals surface area contributed by atoms with Crippen LogP contribution in [0.2, 0.25) is 0 Å². The van der Waals surface area contributed by atoms with Gasteiger partial charge in [-0.05, 0) is 26.6 Å². The molecule has 36 heavy (non-hydrogen) atoms. The summed E-state index contributed by atoms with van der Waals surface area (Å²) in [6.07, 6.45) is -5.59. The van der Waals surface area contributed by atoms with Gasteiger partial charge in [0.05, 0.1) is 13.1 Å². The number of carbonyl (C=O) groups is 3. The molecule has 0 radical (unpaired) electrons. The van der Waals surface area contributed by atoms with Gasteiger partial charge in [0.1, 0.15) is 6.54 Å². The van der Waals surface area contributed by atoms with Gasteiger partial charge in [0.15, 0.2) is 11.6 Å². The molecule has 12 nitrogen and oxygen atoms in total. The van der Waals surface area contributed by atoms with Crippen LogP contribution in [0.1, 0.15) is 18.1 Å². The number of halogens is 6. The number of carboxylic acids is 2. The Hall–Kier alpha value is -3.70. The van der Waals surface area contributed by atoms with E-state index in [1.807, 2.05) is 40.8 Å². The van der Waals surface area contributed by atoms with E-state index >= 15 is 0 Å². The van der Waals surface area contributed by atoms with Crippen molar-refractivity contribution in [3.63, 3.8) is 0 Å². The Morgan fingerprint density at radius 3 is 2.00 bits per heavy atom. The van der Waals surface area contributed by atoms with Gasteiger partial charge in [0.25, 0.3) is 0 Å². The number of alkyl halides is 6. The summed E-state index contributed by atoms with van der Waals surface area (Å²) >= 11 is 0. The highest BCUT2D eigenvalue weighted by molar-refractivity contribution is 5.78. The molecule has 0 spiro atoms. The van der Waals surface area contributed by atoms with Crippen LogP contribution < -0.4 is 0 Å². The summed E-state index contributed by atoms with van der Waals surface area (Å²) in [5.74, 6) is -3.64. The van der Waals surface area contributed by atoms with Crippen molar-refractivity contribution in [3.05, 3.63) is 30.1 Å². The Balaban J connectivity index is 0.000000383. The SMILES string of the molecule is CN(C)CC(=O)N1CCCn2c(nnc2Cn2cccn2)C1.O=C(O)C(F)(F)F.O=C(O)C(F)(F)F. The summed E-state index contributed by atoms with van der Waals surface area (Å²) in [6.45, 7) is 3.15. The van der Waals surface area contributed by atoms with Crippen LogP contribution in [0.5, 0.6) is 0 Å². The van der Waals surface area contributed by atoms with Crippen LogP contribution in [0.25, 0.3) is 0 Å². The summed E-state index contributed by atoms with van der Waals surface area (Å²) < 4.78 is 67.4. The first-order chi connectivity index (χ1) is 16.5. The maximum Gasteiger partial charge on any atom is 0.490 e. The van der Waals surface area contributed by atoms with Crippen LogP contribution in [0.4, 0.5) is 26.3 Å². The molecule has 2 aromatic rings. The fourth-order valence-electron chi connectivity index (χ4n) is 2.66. The van der Waals surface area contributed by atoms with Gasteiger partial charge >= 0.3 is 24.3 Å². The van der Waals surface area contributed by atoms with Crippen LogP contribution >= 0.6 is 0 Å². The minimum Gasteiger partial charge on any atom is -0.475 e. The average Bonchev–Trinajstić information content (AvgIpc) is 3.32. The Labute approximate surface area is 199 Å². The van der Waals surface area contributed by atoms with Crippen LogP contribution in [-0.4, -0.2) is 102 Å². The van der Waals surface area contributed by atoms with Crippen molar-refractivity contribution in [1.29, 1.82) is 0 Å². The Bertz CT molecular complexity index is 981. The van der Waals surface area contributed by atoms with Gasteiger partial charge in [-0.25, -0.2) is 9.59 Å². The molecule has 3 heterocycles. The molecule has 0 saturated heterocycles. The van der Waals surface area contributed by atoms with Gasteiger partial charge in [0, 0.05) is 25.5 Å². The van der Waals surface area contributed by atoms with Crippen LogP contribution in [0, 0.1) is 0 Å². The van der Waals surface area contributed by atoms with Crippen molar-refractivity contribution in [2.75, 3.05) is 27.2 Å². The highest BCUT2D eigenvalue weighted by Crippen LogP contribution is 2.15. The number of hydrogen-bond donors (Lipinski definition) is 2. The minimum absolute atomic E-state index is 0.134. The maximum atomic E-state index is 12.2. The van der Waals surface area contributed by atoms with Crippen molar-refractivity contribution in [2.24, 2.45) is 0 Å². The van der Waals surface area contributed by atoms with Gasteiger partial charge < -0.3 is 24.6 Å². The summed E-state index contributed by atoms with van der Waals surface area (Å²) in [5, 5.41) is 27.0. The summed E-state index contributed by atoms with van der Waals surface area (Å²) in [5.41, 5.74) is 0. The number of amides is 1. The number of likely N-dealkylation sites (N-methyl/N-ethyl adjacent to an activating group) is 1. The molecule has 0 aromatic carbocycles. The van der Waals surface area contributed by atoms with E-state index in [0.29, 0.717) is 19.6 Å². The molecule has 2 N–H and O–H groups in total. The normalized spacial score (nSPS) is 13.5.